The predicted octanol–water partition coefficient (Wildman–Crippen LogP) is 3.15. The normalized spacial score (nSPS) is 16.8. The summed E-state index contributed by atoms with van der Waals surface area (Å²) in [5.74, 6) is 1.92. The van der Waals surface area contributed by atoms with Crippen LogP contribution in [0.15, 0.2) is 24.3 Å². The highest BCUT2D eigenvalue weighted by Crippen LogP contribution is 2.33. The topological polar surface area (TPSA) is 35.2 Å². The number of benzene rings is 1. The van der Waals surface area contributed by atoms with Gasteiger partial charge in [0.2, 0.25) is 0 Å². The number of methoxy groups -OCH3 is 1. The summed E-state index contributed by atoms with van der Waals surface area (Å²) in [6.45, 7) is 0. The van der Waals surface area contributed by atoms with Crippen LogP contribution in [0.4, 0.5) is 0 Å². The monoisotopic (exact) mass is 233 g/mol. The second-order valence-electron chi connectivity index (χ2n) is 5.17. The quantitative estimate of drug-likeness (QED) is 0.785. The molecule has 1 aliphatic rings. The second kappa shape index (κ2) is 6.06. The molecule has 0 bridgehead atoms. The molecule has 94 valence electrons. The second-order valence-corrected chi connectivity index (χ2v) is 5.17. The highest BCUT2D eigenvalue weighted by molar-refractivity contribution is 5.27. The SMILES string of the molecule is COc1ccc(CCC(N)CCC2CC2)cc1. The zero-order valence-corrected chi connectivity index (χ0v) is 10.7. The first-order chi connectivity index (χ1) is 8.28. The molecule has 1 saturated carbocycles. The Kier molecular flexibility index (Phi) is 4.43. The van der Waals surface area contributed by atoms with Gasteiger partial charge in [0.1, 0.15) is 5.75 Å². The Labute approximate surface area is 104 Å². The van der Waals surface area contributed by atoms with Gasteiger partial charge in [-0.25, -0.2) is 0 Å². The maximum absolute atomic E-state index is 6.13. The molecule has 0 aliphatic heterocycles. The van der Waals surface area contributed by atoms with Gasteiger partial charge < -0.3 is 10.5 Å². The van der Waals surface area contributed by atoms with Crippen LogP contribution in [-0.2, 0) is 6.42 Å². The van der Waals surface area contributed by atoms with Gasteiger partial charge in [0, 0.05) is 6.04 Å². The molecule has 0 saturated heterocycles. The molecule has 2 heteroatoms. The molecule has 1 aromatic rings. The standard InChI is InChI=1S/C15H23NO/c1-17-15-10-6-13(7-11-15)5-9-14(16)8-4-12-2-3-12/h6-7,10-12,14H,2-5,8-9,16H2,1H3. The van der Waals surface area contributed by atoms with E-state index in [2.05, 4.69) is 12.1 Å². The van der Waals surface area contributed by atoms with E-state index in [1.54, 1.807) is 7.11 Å². The van der Waals surface area contributed by atoms with Crippen molar-refractivity contribution in [3.8, 4) is 5.75 Å². The zero-order valence-electron chi connectivity index (χ0n) is 10.7. The van der Waals surface area contributed by atoms with Gasteiger partial charge in [-0.1, -0.05) is 25.0 Å². The summed E-state index contributed by atoms with van der Waals surface area (Å²) >= 11 is 0. The fraction of sp³-hybridized carbons (Fsp3) is 0.600. The molecule has 0 radical (unpaired) electrons. The van der Waals surface area contributed by atoms with Gasteiger partial charge in [-0.05, 0) is 49.3 Å². The summed E-state index contributed by atoms with van der Waals surface area (Å²) in [6.07, 6.45) is 7.58. The first-order valence-electron chi connectivity index (χ1n) is 6.66. The molecule has 1 atom stereocenters. The van der Waals surface area contributed by atoms with E-state index < -0.39 is 0 Å². The first kappa shape index (κ1) is 12.4. The molecule has 0 heterocycles. The van der Waals surface area contributed by atoms with Crippen molar-refractivity contribution in [1.82, 2.24) is 0 Å². The Morgan fingerprint density at radius 2 is 1.94 bits per heavy atom. The Hall–Kier alpha value is -1.02. The van der Waals surface area contributed by atoms with Gasteiger partial charge in [0.15, 0.2) is 0 Å². The first-order valence-corrected chi connectivity index (χ1v) is 6.66. The third-order valence-electron chi connectivity index (χ3n) is 3.61. The Bertz CT molecular complexity index is 329. The number of hydrogen-bond donors (Lipinski definition) is 1. The van der Waals surface area contributed by atoms with E-state index in [1.807, 2.05) is 12.1 Å². The highest BCUT2D eigenvalue weighted by atomic mass is 16.5. The Balaban J connectivity index is 1.68. The van der Waals surface area contributed by atoms with Crippen molar-refractivity contribution >= 4 is 0 Å². The summed E-state index contributed by atoms with van der Waals surface area (Å²) in [6, 6.07) is 8.67. The molecule has 0 aromatic heterocycles. The number of aryl methyl sites for hydroxylation is 1. The predicted molar refractivity (Wildman–Crippen MR) is 71.2 cm³/mol. The number of rotatable bonds is 7. The van der Waals surface area contributed by atoms with Crippen molar-refractivity contribution in [1.29, 1.82) is 0 Å². The lowest BCUT2D eigenvalue weighted by Crippen LogP contribution is -2.20. The van der Waals surface area contributed by atoms with Gasteiger partial charge in [-0.15, -0.1) is 0 Å². The van der Waals surface area contributed by atoms with E-state index in [0.29, 0.717) is 6.04 Å². The van der Waals surface area contributed by atoms with Crippen molar-refractivity contribution in [2.75, 3.05) is 7.11 Å². The van der Waals surface area contributed by atoms with E-state index in [9.17, 15) is 0 Å². The number of nitrogens with two attached hydrogens (primary N) is 1. The lowest BCUT2D eigenvalue weighted by Gasteiger charge is -2.11. The Morgan fingerprint density at radius 1 is 1.24 bits per heavy atom. The van der Waals surface area contributed by atoms with Crippen LogP contribution in [0.2, 0.25) is 0 Å². The zero-order chi connectivity index (χ0) is 12.1. The molecule has 1 aromatic carbocycles. The van der Waals surface area contributed by atoms with Crippen LogP contribution in [0.3, 0.4) is 0 Å². The van der Waals surface area contributed by atoms with Gasteiger partial charge in [0.25, 0.3) is 0 Å². The van der Waals surface area contributed by atoms with Crippen molar-refractivity contribution in [3.05, 3.63) is 29.8 Å². The fourth-order valence-electron chi connectivity index (χ4n) is 2.14. The third kappa shape index (κ3) is 4.39. The van der Waals surface area contributed by atoms with Gasteiger partial charge in [-0.2, -0.15) is 0 Å². The van der Waals surface area contributed by atoms with Crippen molar-refractivity contribution in [2.24, 2.45) is 11.7 Å². The minimum Gasteiger partial charge on any atom is -0.497 e. The van der Waals surface area contributed by atoms with Crippen LogP contribution in [0.25, 0.3) is 0 Å². The van der Waals surface area contributed by atoms with Gasteiger partial charge in [-0.3, -0.25) is 0 Å². The molecule has 2 N–H and O–H groups in total. The lowest BCUT2D eigenvalue weighted by molar-refractivity contribution is 0.414. The fourth-order valence-corrected chi connectivity index (χ4v) is 2.14. The maximum Gasteiger partial charge on any atom is 0.118 e. The molecule has 1 unspecified atom stereocenters. The van der Waals surface area contributed by atoms with E-state index >= 15 is 0 Å². The van der Waals surface area contributed by atoms with E-state index in [-0.39, 0.29) is 0 Å². The number of ether oxygens (including phenoxy) is 1. The molecule has 17 heavy (non-hydrogen) atoms. The maximum atomic E-state index is 6.13. The minimum absolute atomic E-state index is 0.373. The van der Waals surface area contributed by atoms with E-state index in [4.69, 9.17) is 10.5 Å². The van der Waals surface area contributed by atoms with Crippen molar-refractivity contribution < 1.29 is 4.74 Å². The minimum atomic E-state index is 0.373. The Morgan fingerprint density at radius 3 is 2.53 bits per heavy atom. The highest BCUT2D eigenvalue weighted by Gasteiger charge is 2.21. The van der Waals surface area contributed by atoms with Crippen LogP contribution < -0.4 is 10.5 Å². The summed E-state index contributed by atoms with van der Waals surface area (Å²) in [7, 11) is 1.70. The summed E-state index contributed by atoms with van der Waals surface area (Å²) in [5, 5.41) is 0. The van der Waals surface area contributed by atoms with Crippen molar-refractivity contribution in [2.45, 2.75) is 44.6 Å². The molecule has 0 spiro atoms. The van der Waals surface area contributed by atoms with Crippen LogP contribution in [-0.4, -0.2) is 13.2 Å². The van der Waals surface area contributed by atoms with E-state index in [0.717, 1.165) is 24.5 Å². The van der Waals surface area contributed by atoms with Crippen LogP contribution >= 0.6 is 0 Å². The van der Waals surface area contributed by atoms with Gasteiger partial charge >= 0.3 is 0 Å². The molecule has 2 rings (SSSR count). The van der Waals surface area contributed by atoms with Crippen LogP contribution in [0.5, 0.6) is 5.75 Å². The largest absolute Gasteiger partial charge is 0.497 e. The summed E-state index contributed by atoms with van der Waals surface area (Å²) in [4.78, 5) is 0. The molecule has 1 aliphatic carbocycles. The van der Waals surface area contributed by atoms with Gasteiger partial charge in [0.05, 0.1) is 7.11 Å². The van der Waals surface area contributed by atoms with E-state index in [1.165, 1.54) is 31.2 Å². The molecular formula is C15H23NO. The summed E-state index contributed by atoms with van der Waals surface area (Å²) < 4.78 is 5.14. The molecular weight excluding hydrogens is 210 g/mol. The average molecular weight is 233 g/mol. The molecule has 2 nitrogen and oxygen atoms in total. The lowest BCUT2D eigenvalue weighted by atomic mass is 10.0. The van der Waals surface area contributed by atoms with Crippen LogP contribution in [0.1, 0.15) is 37.7 Å². The van der Waals surface area contributed by atoms with Crippen LogP contribution in [0, 0.1) is 5.92 Å². The average Bonchev–Trinajstić information content (AvgIpc) is 3.18. The third-order valence-corrected chi connectivity index (χ3v) is 3.61. The number of hydrogen-bond acceptors (Lipinski definition) is 2. The smallest absolute Gasteiger partial charge is 0.118 e. The molecule has 0 amide bonds. The van der Waals surface area contributed by atoms with Crippen molar-refractivity contribution in [3.63, 3.8) is 0 Å². The molecule has 1 fully saturated rings. The summed E-state index contributed by atoms with van der Waals surface area (Å²) in [5.41, 5.74) is 7.48.